The number of aromatic nitrogens is 1. The minimum absolute atomic E-state index is 0.172. The lowest BCUT2D eigenvalue weighted by molar-refractivity contribution is 0.175. The minimum atomic E-state index is -0.487. The molecular formula is C18H15NOS. The van der Waals surface area contributed by atoms with Crippen LogP contribution < -0.4 is 0 Å². The first-order valence-electron chi connectivity index (χ1n) is 7.08. The molecule has 4 rings (SSSR count). The number of benzene rings is 2. The summed E-state index contributed by atoms with van der Waals surface area (Å²) in [6.45, 7) is 0. The molecule has 3 heteroatoms. The van der Waals surface area contributed by atoms with Crippen LogP contribution >= 0.6 is 11.8 Å². The predicted molar refractivity (Wildman–Crippen MR) is 86.5 cm³/mol. The summed E-state index contributed by atoms with van der Waals surface area (Å²) < 4.78 is 0. The predicted octanol–water partition coefficient (Wildman–Crippen LogP) is 3.99. The standard InChI is InChI=1S/C18H15NOS/c20-18(17-10-13-6-2-4-8-16(13)21-17)14-9-12-5-1-3-7-15(12)19-11-14/h1-9,11,17-18,20H,10H2. The Labute approximate surface area is 127 Å². The highest BCUT2D eigenvalue weighted by Gasteiger charge is 2.29. The number of hydrogen-bond donors (Lipinski definition) is 1. The van der Waals surface area contributed by atoms with E-state index in [0.29, 0.717) is 0 Å². The van der Waals surface area contributed by atoms with E-state index in [9.17, 15) is 5.11 Å². The highest BCUT2D eigenvalue weighted by molar-refractivity contribution is 8.00. The highest BCUT2D eigenvalue weighted by Crippen LogP contribution is 2.42. The fourth-order valence-electron chi connectivity index (χ4n) is 2.85. The minimum Gasteiger partial charge on any atom is -0.387 e. The summed E-state index contributed by atoms with van der Waals surface area (Å²) in [7, 11) is 0. The Morgan fingerprint density at radius 3 is 2.81 bits per heavy atom. The van der Waals surface area contributed by atoms with Crippen molar-refractivity contribution in [2.24, 2.45) is 0 Å². The van der Waals surface area contributed by atoms with Crippen molar-refractivity contribution < 1.29 is 5.11 Å². The molecule has 2 atom stereocenters. The van der Waals surface area contributed by atoms with Crippen LogP contribution in [0.3, 0.4) is 0 Å². The van der Waals surface area contributed by atoms with Crippen LogP contribution in [0.4, 0.5) is 0 Å². The smallest absolute Gasteiger partial charge is 0.0930 e. The second-order valence-electron chi connectivity index (χ2n) is 5.37. The Morgan fingerprint density at radius 2 is 1.90 bits per heavy atom. The van der Waals surface area contributed by atoms with Gasteiger partial charge in [0.2, 0.25) is 0 Å². The zero-order chi connectivity index (χ0) is 14.2. The summed E-state index contributed by atoms with van der Waals surface area (Å²) in [6, 6.07) is 18.5. The molecular weight excluding hydrogens is 278 g/mol. The molecule has 104 valence electrons. The maximum atomic E-state index is 10.7. The monoisotopic (exact) mass is 293 g/mol. The second-order valence-corrected chi connectivity index (χ2v) is 6.66. The number of para-hydroxylation sites is 1. The fourth-order valence-corrected chi connectivity index (χ4v) is 4.18. The van der Waals surface area contributed by atoms with Crippen molar-refractivity contribution in [3.05, 3.63) is 71.9 Å². The van der Waals surface area contributed by atoms with E-state index in [-0.39, 0.29) is 5.25 Å². The van der Waals surface area contributed by atoms with Gasteiger partial charge in [0.05, 0.1) is 11.6 Å². The van der Waals surface area contributed by atoms with Gasteiger partial charge in [-0.2, -0.15) is 0 Å². The zero-order valence-corrected chi connectivity index (χ0v) is 12.3. The van der Waals surface area contributed by atoms with Crippen molar-refractivity contribution in [2.75, 3.05) is 0 Å². The van der Waals surface area contributed by atoms with E-state index >= 15 is 0 Å². The molecule has 0 bridgehead atoms. The number of thioether (sulfide) groups is 1. The Hall–Kier alpha value is -1.84. The molecule has 2 unspecified atom stereocenters. The van der Waals surface area contributed by atoms with Crippen LogP contribution in [-0.4, -0.2) is 15.3 Å². The molecule has 0 spiro atoms. The number of fused-ring (bicyclic) bond motifs is 2. The molecule has 2 aromatic carbocycles. The van der Waals surface area contributed by atoms with E-state index in [1.165, 1.54) is 10.5 Å². The first-order chi connectivity index (χ1) is 10.3. The van der Waals surface area contributed by atoms with E-state index < -0.39 is 6.10 Å². The maximum absolute atomic E-state index is 10.7. The molecule has 0 amide bonds. The van der Waals surface area contributed by atoms with Gasteiger partial charge in [0.15, 0.2) is 0 Å². The molecule has 0 saturated heterocycles. The normalized spacial score (nSPS) is 18.6. The van der Waals surface area contributed by atoms with Crippen molar-refractivity contribution in [2.45, 2.75) is 22.7 Å². The Balaban J connectivity index is 1.64. The lowest BCUT2D eigenvalue weighted by atomic mass is 10.0. The molecule has 1 N–H and O–H groups in total. The molecule has 1 aromatic heterocycles. The molecule has 0 fully saturated rings. The second kappa shape index (κ2) is 5.17. The molecule has 0 radical (unpaired) electrons. The van der Waals surface area contributed by atoms with Gasteiger partial charge >= 0.3 is 0 Å². The van der Waals surface area contributed by atoms with Gasteiger partial charge in [-0.25, -0.2) is 0 Å². The lowest BCUT2D eigenvalue weighted by Gasteiger charge is -2.17. The number of pyridine rings is 1. The summed E-state index contributed by atoms with van der Waals surface area (Å²) in [6.07, 6.45) is 2.23. The van der Waals surface area contributed by atoms with Crippen LogP contribution in [0.2, 0.25) is 0 Å². The van der Waals surface area contributed by atoms with Gasteiger partial charge in [0, 0.05) is 27.3 Å². The molecule has 1 aliphatic heterocycles. The van der Waals surface area contributed by atoms with Gasteiger partial charge < -0.3 is 5.11 Å². The summed E-state index contributed by atoms with van der Waals surface area (Å²) in [5.74, 6) is 0. The Morgan fingerprint density at radius 1 is 1.10 bits per heavy atom. The largest absolute Gasteiger partial charge is 0.387 e. The topological polar surface area (TPSA) is 33.1 Å². The van der Waals surface area contributed by atoms with E-state index in [4.69, 9.17) is 0 Å². The average Bonchev–Trinajstić information content (AvgIpc) is 2.97. The van der Waals surface area contributed by atoms with Gasteiger partial charge in [-0.05, 0) is 30.2 Å². The highest BCUT2D eigenvalue weighted by atomic mass is 32.2. The summed E-state index contributed by atoms with van der Waals surface area (Å²) in [4.78, 5) is 5.74. The van der Waals surface area contributed by atoms with Crippen LogP contribution in [0, 0.1) is 0 Å². The number of hydrogen-bond acceptors (Lipinski definition) is 3. The van der Waals surface area contributed by atoms with Crippen LogP contribution in [0.1, 0.15) is 17.2 Å². The van der Waals surface area contributed by atoms with Gasteiger partial charge in [-0.15, -0.1) is 11.8 Å². The van der Waals surface area contributed by atoms with Crippen molar-refractivity contribution in [3.8, 4) is 0 Å². The van der Waals surface area contributed by atoms with Gasteiger partial charge in [-0.3, -0.25) is 4.98 Å². The lowest BCUT2D eigenvalue weighted by Crippen LogP contribution is -2.14. The van der Waals surface area contributed by atoms with E-state index in [2.05, 4.69) is 35.3 Å². The number of aliphatic hydroxyl groups is 1. The Bertz CT molecular complexity index is 777. The average molecular weight is 293 g/mol. The zero-order valence-electron chi connectivity index (χ0n) is 11.4. The van der Waals surface area contributed by atoms with Gasteiger partial charge in [0.25, 0.3) is 0 Å². The van der Waals surface area contributed by atoms with Gasteiger partial charge in [0.1, 0.15) is 0 Å². The van der Waals surface area contributed by atoms with Crippen LogP contribution in [0.5, 0.6) is 0 Å². The van der Waals surface area contributed by atoms with Crippen LogP contribution in [0.25, 0.3) is 10.9 Å². The van der Waals surface area contributed by atoms with Crippen molar-refractivity contribution in [3.63, 3.8) is 0 Å². The quantitative estimate of drug-likeness (QED) is 0.775. The summed E-state index contributed by atoms with van der Waals surface area (Å²) in [5, 5.41) is 11.9. The molecule has 21 heavy (non-hydrogen) atoms. The van der Waals surface area contributed by atoms with E-state index in [0.717, 1.165) is 22.9 Å². The van der Waals surface area contributed by atoms with Crippen LogP contribution in [0.15, 0.2) is 65.7 Å². The first-order valence-corrected chi connectivity index (χ1v) is 7.96. The number of aliphatic hydroxyl groups excluding tert-OH is 1. The van der Waals surface area contributed by atoms with Crippen LogP contribution in [-0.2, 0) is 6.42 Å². The molecule has 0 saturated carbocycles. The first kappa shape index (κ1) is 12.9. The fraction of sp³-hybridized carbons (Fsp3) is 0.167. The third-order valence-corrected chi connectivity index (χ3v) is 5.36. The molecule has 0 aliphatic carbocycles. The van der Waals surface area contributed by atoms with E-state index in [1.807, 2.05) is 24.3 Å². The maximum Gasteiger partial charge on any atom is 0.0930 e. The molecule has 1 aliphatic rings. The molecule has 3 aromatic rings. The van der Waals surface area contributed by atoms with E-state index in [1.54, 1.807) is 18.0 Å². The molecule has 2 nitrogen and oxygen atoms in total. The summed E-state index contributed by atoms with van der Waals surface area (Å²) >= 11 is 1.77. The van der Waals surface area contributed by atoms with Crippen molar-refractivity contribution in [1.29, 1.82) is 0 Å². The van der Waals surface area contributed by atoms with Crippen molar-refractivity contribution in [1.82, 2.24) is 4.98 Å². The number of nitrogens with zero attached hydrogens (tertiary/aromatic N) is 1. The van der Waals surface area contributed by atoms with Crippen molar-refractivity contribution >= 4 is 22.7 Å². The Kier molecular flexibility index (Phi) is 3.17. The SMILES string of the molecule is OC(c1cnc2ccccc2c1)C1Cc2ccccc2S1. The van der Waals surface area contributed by atoms with Gasteiger partial charge in [-0.1, -0.05) is 36.4 Å². The third-order valence-electron chi connectivity index (χ3n) is 3.98. The third kappa shape index (κ3) is 2.33. The number of rotatable bonds is 2. The molecule has 2 heterocycles. The summed E-state index contributed by atoms with van der Waals surface area (Å²) in [5.41, 5.74) is 3.20.